The molecule has 0 amide bonds. The van der Waals surface area contributed by atoms with E-state index in [2.05, 4.69) is 24.1 Å². The highest BCUT2D eigenvalue weighted by Gasteiger charge is 2.10. The van der Waals surface area contributed by atoms with Gasteiger partial charge in [0.15, 0.2) is 0 Å². The quantitative estimate of drug-likeness (QED) is 0.565. The van der Waals surface area contributed by atoms with Crippen LogP contribution >= 0.6 is 0 Å². The Labute approximate surface area is 95.9 Å². The minimum Gasteiger partial charge on any atom is -0.493 e. The number of terminal acetylenes is 1. The van der Waals surface area contributed by atoms with Gasteiger partial charge in [-0.25, -0.2) is 0 Å². The van der Waals surface area contributed by atoms with Crippen molar-refractivity contribution in [1.29, 1.82) is 0 Å². The maximum absolute atomic E-state index is 5.49. The molecule has 0 spiro atoms. The smallest absolute Gasteiger partial charge is 0.123 e. The van der Waals surface area contributed by atoms with E-state index >= 15 is 0 Å². The van der Waals surface area contributed by atoms with Crippen molar-refractivity contribution in [2.45, 2.75) is 6.42 Å². The van der Waals surface area contributed by atoms with Gasteiger partial charge >= 0.3 is 0 Å². The number of ether oxygens (including phenoxy) is 2. The minimum atomic E-state index is 0.359. The highest BCUT2D eigenvalue weighted by atomic mass is 16.5. The highest BCUT2D eigenvalue weighted by Crippen LogP contribution is 2.26. The van der Waals surface area contributed by atoms with E-state index in [4.69, 9.17) is 15.9 Å². The molecule has 1 aliphatic heterocycles. The van der Waals surface area contributed by atoms with E-state index in [1.165, 1.54) is 5.56 Å². The van der Waals surface area contributed by atoms with E-state index in [0.29, 0.717) is 13.2 Å². The third-order valence-electron chi connectivity index (χ3n) is 2.43. The highest BCUT2D eigenvalue weighted by molar-refractivity contribution is 5.54. The summed E-state index contributed by atoms with van der Waals surface area (Å²) >= 11 is 0. The van der Waals surface area contributed by atoms with Crippen LogP contribution < -0.4 is 4.74 Å². The van der Waals surface area contributed by atoms with Crippen molar-refractivity contribution < 1.29 is 9.47 Å². The summed E-state index contributed by atoms with van der Waals surface area (Å²) in [6.45, 7) is 1.70. The molecule has 0 atom stereocenters. The molecule has 0 saturated carbocycles. The molecule has 2 rings (SSSR count). The summed E-state index contributed by atoms with van der Waals surface area (Å²) in [6, 6.07) is 6.26. The normalized spacial score (nSPS) is 13.4. The predicted molar refractivity (Wildman–Crippen MR) is 64.3 cm³/mol. The lowest BCUT2D eigenvalue weighted by atomic mass is 10.1. The van der Waals surface area contributed by atoms with Crippen LogP contribution in [0.3, 0.4) is 0 Å². The predicted octanol–water partition coefficient (Wildman–Crippen LogP) is 2.28. The molecule has 1 aromatic rings. The molecule has 0 N–H and O–H groups in total. The van der Waals surface area contributed by atoms with Crippen molar-refractivity contribution in [2.75, 3.05) is 19.8 Å². The summed E-state index contributed by atoms with van der Waals surface area (Å²) in [5.41, 5.74) is 2.42. The molecule has 0 aromatic heterocycles. The maximum Gasteiger partial charge on any atom is 0.123 e. The Balaban J connectivity index is 1.92. The van der Waals surface area contributed by atoms with Gasteiger partial charge in [-0.2, -0.15) is 0 Å². The number of rotatable bonds is 4. The van der Waals surface area contributed by atoms with Crippen molar-refractivity contribution in [3.05, 3.63) is 35.4 Å². The molecule has 0 bridgehead atoms. The average molecular weight is 214 g/mol. The third kappa shape index (κ3) is 2.65. The molecule has 2 nitrogen and oxygen atoms in total. The standard InChI is InChI=1S/C14H14O2/c1-2-8-15-9-3-4-12-5-6-13-7-10-16-14(13)11-12/h1,3-6,11H,7-10H2/b4-3+. The zero-order chi connectivity index (χ0) is 11.2. The summed E-state index contributed by atoms with van der Waals surface area (Å²) < 4.78 is 10.6. The first-order valence-electron chi connectivity index (χ1n) is 5.33. The molecular weight excluding hydrogens is 200 g/mol. The van der Waals surface area contributed by atoms with Crippen molar-refractivity contribution in [1.82, 2.24) is 0 Å². The SMILES string of the molecule is C#CCOC/C=C/c1ccc2c(c1)OCC2. The number of hydrogen-bond acceptors (Lipinski definition) is 2. The maximum atomic E-state index is 5.49. The largest absolute Gasteiger partial charge is 0.493 e. The summed E-state index contributed by atoms with van der Waals surface area (Å²) in [6.07, 6.45) is 10.1. The van der Waals surface area contributed by atoms with E-state index in [1.807, 2.05) is 12.2 Å². The molecule has 0 aliphatic carbocycles. The summed E-state index contributed by atoms with van der Waals surface area (Å²) in [4.78, 5) is 0. The Morgan fingerprint density at radius 3 is 3.31 bits per heavy atom. The van der Waals surface area contributed by atoms with Crippen LogP contribution in [0.2, 0.25) is 0 Å². The Kier molecular flexibility index (Phi) is 3.63. The van der Waals surface area contributed by atoms with E-state index in [1.54, 1.807) is 0 Å². The molecule has 1 aliphatic rings. The van der Waals surface area contributed by atoms with Crippen LogP contribution in [0.25, 0.3) is 6.08 Å². The monoisotopic (exact) mass is 214 g/mol. The Hall–Kier alpha value is -1.72. The van der Waals surface area contributed by atoms with Gasteiger partial charge in [-0.3, -0.25) is 0 Å². The van der Waals surface area contributed by atoms with E-state index in [-0.39, 0.29) is 0 Å². The van der Waals surface area contributed by atoms with Gasteiger partial charge < -0.3 is 9.47 Å². The van der Waals surface area contributed by atoms with Gasteiger partial charge in [0.05, 0.1) is 13.2 Å². The van der Waals surface area contributed by atoms with Crippen LogP contribution in [0.5, 0.6) is 5.75 Å². The second-order valence-electron chi connectivity index (χ2n) is 3.59. The minimum absolute atomic E-state index is 0.359. The molecule has 16 heavy (non-hydrogen) atoms. The van der Waals surface area contributed by atoms with Crippen molar-refractivity contribution in [3.8, 4) is 18.1 Å². The van der Waals surface area contributed by atoms with Gasteiger partial charge in [-0.1, -0.05) is 30.2 Å². The van der Waals surface area contributed by atoms with Gasteiger partial charge in [-0.05, 0) is 17.2 Å². The Morgan fingerprint density at radius 2 is 2.44 bits per heavy atom. The van der Waals surface area contributed by atoms with Crippen LogP contribution in [-0.2, 0) is 11.2 Å². The van der Waals surface area contributed by atoms with Crippen LogP contribution in [0.1, 0.15) is 11.1 Å². The molecule has 0 fully saturated rings. The first-order chi connectivity index (χ1) is 7.90. The van der Waals surface area contributed by atoms with Crippen LogP contribution in [0, 0.1) is 12.3 Å². The molecule has 0 unspecified atom stereocenters. The average Bonchev–Trinajstić information content (AvgIpc) is 2.76. The van der Waals surface area contributed by atoms with Crippen molar-refractivity contribution >= 4 is 6.08 Å². The second-order valence-corrected chi connectivity index (χ2v) is 3.59. The number of benzene rings is 1. The molecule has 2 heteroatoms. The topological polar surface area (TPSA) is 18.5 Å². The third-order valence-corrected chi connectivity index (χ3v) is 2.43. The number of fused-ring (bicyclic) bond motifs is 1. The van der Waals surface area contributed by atoms with E-state index in [9.17, 15) is 0 Å². The molecular formula is C14H14O2. The molecule has 0 saturated heterocycles. The van der Waals surface area contributed by atoms with Gasteiger partial charge in [-0.15, -0.1) is 6.42 Å². The fraction of sp³-hybridized carbons (Fsp3) is 0.286. The van der Waals surface area contributed by atoms with E-state index < -0.39 is 0 Å². The lowest BCUT2D eigenvalue weighted by molar-refractivity contribution is 0.200. The summed E-state index contributed by atoms with van der Waals surface area (Å²) in [7, 11) is 0. The molecule has 82 valence electrons. The fourth-order valence-corrected chi connectivity index (χ4v) is 1.66. The van der Waals surface area contributed by atoms with Crippen molar-refractivity contribution in [3.63, 3.8) is 0 Å². The van der Waals surface area contributed by atoms with Crippen molar-refractivity contribution in [2.24, 2.45) is 0 Å². The van der Waals surface area contributed by atoms with Crippen LogP contribution in [-0.4, -0.2) is 19.8 Å². The molecule has 0 radical (unpaired) electrons. The van der Waals surface area contributed by atoms with Gasteiger partial charge in [0.25, 0.3) is 0 Å². The fourth-order valence-electron chi connectivity index (χ4n) is 1.66. The lowest BCUT2D eigenvalue weighted by Gasteiger charge is -2.00. The number of hydrogen-bond donors (Lipinski definition) is 0. The first kappa shape index (κ1) is 10.8. The van der Waals surface area contributed by atoms with Crippen LogP contribution in [0.4, 0.5) is 0 Å². The van der Waals surface area contributed by atoms with E-state index in [0.717, 1.165) is 24.3 Å². The molecule has 1 heterocycles. The summed E-state index contributed by atoms with van der Waals surface area (Å²) in [5, 5.41) is 0. The Bertz CT molecular complexity index is 427. The van der Waals surface area contributed by atoms with Crippen LogP contribution in [0.15, 0.2) is 24.3 Å². The first-order valence-corrected chi connectivity index (χ1v) is 5.33. The lowest BCUT2D eigenvalue weighted by Crippen LogP contribution is -1.89. The Morgan fingerprint density at radius 1 is 1.50 bits per heavy atom. The van der Waals surface area contributed by atoms with Gasteiger partial charge in [0.2, 0.25) is 0 Å². The van der Waals surface area contributed by atoms with Gasteiger partial charge in [0.1, 0.15) is 12.4 Å². The zero-order valence-corrected chi connectivity index (χ0v) is 9.11. The van der Waals surface area contributed by atoms with Gasteiger partial charge in [0, 0.05) is 6.42 Å². The summed E-state index contributed by atoms with van der Waals surface area (Å²) in [5.74, 6) is 3.43. The molecule has 1 aromatic carbocycles. The second kappa shape index (κ2) is 5.39. The zero-order valence-electron chi connectivity index (χ0n) is 9.11.